The molecular weight excluding hydrogens is 209 g/mol. The summed E-state index contributed by atoms with van der Waals surface area (Å²) in [5, 5.41) is 2.87. The molecule has 0 bridgehead atoms. The predicted molar refractivity (Wildman–Crippen MR) is 51.2 cm³/mol. The third-order valence-electron chi connectivity index (χ3n) is 1.65. The number of alkyl halides is 1. The predicted octanol–water partition coefficient (Wildman–Crippen LogP) is 1.39. The number of rotatable bonds is 3. The van der Waals surface area contributed by atoms with Gasteiger partial charge in [0.1, 0.15) is 12.2 Å². The van der Waals surface area contributed by atoms with Crippen LogP contribution in [0.3, 0.4) is 0 Å². The van der Waals surface area contributed by atoms with Crippen molar-refractivity contribution in [3.05, 3.63) is 11.6 Å². The van der Waals surface area contributed by atoms with E-state index in [1.807, 2.05) is 0 Å². The van der Waals surface area contributed by atoms with Crippen LogP contribution < -0.4 is 5.32 Å². The van der Waals surface area contributed by atoms with E-state index in [9.17, 15) is 4.39 Å². The van der Waals surface area contributed by atoms with Gasteiger partial charge in [0.05, 0.1) is 6.33 Å². The van der Waals surface area contributed by atoms with Gasteiger partial charge >= 0.3 is 0 Å². The highest BCUT2D eigenvalue weighted by molar-refractivity contribution is 6.28. The number of anilines is 1. The second-order valence-electron chi connectivity index (χ2n) is 2.56. The Morgan fingerprint density at radius 2 is 2.36 bits per heavy atom. The van der Waals surface area contributed by atoms with E-state index in [-0.39, 0.29) is 11.8 Å². The van der Waals surface area contributed by atoms with Gasteiger partial charge in [-0.25, -0.2) is 9.37 Å². The SMILES string of the molecule is FCCNc1nc(Cl)nc2nc[nH]c12. The molecule has 2 aromatic heterocycles. The van der Waals surface area contributed by atoms with E-state index < -0.39 is 6.67 Å². The Morgan fingerprint density at radius 1 is 1.50 bits per heavy atom. The topological polar surface area (TPSA) is 66.5 Å². The maximum Gasteiger partial charge on any atom is 0.226 e. The van der Waals surface area contributed by atoms with Crippen molar-refractivity contribution < 1.29 is 4.39 Å². The van der Waals surface area contributed by atoms with Crippen LogP contribution in [0.25, 0.3) is 11.2 Å². The minimum atomic E-state index is -0.475. The molecule has 2 N–H and O–H groups in total. The molecule has 0 spiro atoms. The Kier molecular flexibility index (Phi) is 2.45. The lowest BCUT2D eigenvalue weighted by molar-refractivity contribution is 0.512. The molecule has 0 aliphatic carbocycles. The molecule has 0 saturated heterocycles. The van der Waals surface area contributed by atoms with Crippen molar-refractivity contribution in [3.63, 3.8) is 0 Å². The Hall–Kier alpha value is -1.43. The van der Waals surface area contributed by atoms with Crippen LogP contribution in [0.1, 0.15) is 0 Å². The minimum Gasteiger partial charge on any atom is -0.366 e. The molecule has 74 valence electrons. The summed E-state index contributed by atoms with van der Waals surface area (Å²) in [6, 6.07) is 0. The van der Waals surface area contributed by atoms with E-state index in [2.05, 4.69) is 25.3 Å². The van der Waals surface area contributed by atoms with Crippen LogP contribution in [-0.4, -0.2) is 33.2 Å². The average molecular weight is 216 g/mol. The molecule has 14 heavy (non-hydrogen) atoms. The van der Waals surface area contributed by atoms with Crippen LogP contribution in [0.2, 0.25) is 5.28 Å². The molecule has 0 aliphatic heterocycles. The molecule has 0 aliphatic rings. The first-order valence-electron chi connectivity index (χ1n) is 3.97. The second kappa shape index (κ2) is 3.75. The molecule has 0 unspecified atom stereocenters. The number of aromatic amines is 1. The zero-order valence-electron chi connectivity index (χ0n) is 7.09. The molecule has 7 heteroatoms. The van der Waals surface area contributed by atoms with Gasteiger partial charge in [-0.1, -0.05) is 0 Å². The molecule has 5 nitrogen and oxygen atoms in total. The van der Waals surface area contributed by atoms with Gasteiger partial charge in [-0.15, -0.1) is 0 Å². The van der Waals surface area contributed by atoms with Crippen LogP contribution >= 0.6 is 11.6 Å². The Balaban J connectivity index is 2.44. The van der Waals surface area contributed by atoms with Gasteiger partial charge < -0.3 is 10.3 Å². The second-order valence-corrected chi connectivity index (χ2v) is 2.90. The molecule has 0 aromatic carbocycles. The summed E-state index contributed by atoms with van der Waals surface area (Å²) >= 11 is 5.65. The highest BCUT2D eigenvalue weighted by Gasteiger charge is 2.07. The Labute approximate surface area is 83.7 Å². The smallest absolute Gasteiger partial charge is 0.226 e. The van der Waals surface area contributed by atoms with Crippen LogP contribution in [-0.2, 0) is 0 Å². The molecule has 2 aromatic rings. The first-order chi connectivity index (χ1) is 6.81. The van der Waals surface area contributed by atoms with Crippen LogP contribution in [0.4, 0.5) is 10.2 Å². The lowest BCUT2D eigenvalue weighted by atomic mass is 10.5. The van der Waals surface area contributed by atoms with E-state index in [0.717, 1.165) is 0 Å². The van der Waals surface area contributed by atoms with Crippen molar-refractivity contribution in [2.45, 2.75) is 0 Å². The lowest BCUT2D eigenvalue weighted by Crippen LogP contribution is -2.06. The summed E-state index contributed by atoms with van der Waals surface area (Å²) in [5.41, 5.74) is 1.09. The van der Waals surface area contributed by atoms with Gasteiger partial charge in [0, 0.05) is 6.54 Å². The number of hydrogen-bond acceptors (Lipinski definition) is 4. The van der Waals surface area contributed by atoms with Crippen molar-refractivity contribution in [3.8, 4) is 0 Å². The normalized spacial score (nSPS) is 10.7. The minimum absolute atomic E-state index is 0.0889. The Morgan fingerprint density at radius 3 is 3.14 bits per heavy atom. The van der Waals surface area contributed by atoms with Crippen molar-refractivity contribution in [2.24, 2.45) is 0 Å². The van der Waals surface area contributed by atoms with Gasteiger partial charge in [0.25, 0.3) is 0 Å². The van der Waals surface area contributed by atoms with Gasteiger partial charge in [0.2, 0.25) is 5.28 Å². The summed E-state index contributed by atoms with van der Waals surface area (Å²) in [7, 11) is 0. The van der Waals surface area contributed by atoms with Gasteiger partial charge in [-0.3, -0.25) is 0 Å². The third kappa shape index (κ3) is 1.60. The van der Waals surface area contributed by atoms with E-state index in [1.54, 1.807) is 0 Å². The van der Waals surface area contributed by atoms with Crippen molar-refractivity contribution in [2.75, 3.05) is 18.5 Å². The molecule has 0 radical (unpaired) electrons. The zero-order valence-corrected chi connectivity index (χ0v) is 7.85. The number of nitrogens with one attached hydrogen (secondary N) is 2. The molecule has 0 atom stereocenters. The maximum atomic E-state index is 11.9. The van der Waals surface area contributed by atoms with E-state index in [1.165, 1.54) is 6.33 Å². The monoisotopic (exact) mass is 215 g/mol. The van der Waals surface area contributed by atoms with Crippen molar-refractivity contribution >= 4 is 28.6 Å². The van der Waals surface area contributed by atoms with Crippen LogP contribution in [0, 0.1) is 0 Å². The lowest BCUT2D eigenvalue weighted by Gasteiger charge is -2.03. The average Bonchev–Trinajstić information content (AvgIpc) is 2.61. The number of nitrogens with zero attached hydrogens (tertiary/aromatic N) is 3. The molecular formula is C7H7ClFN5. The van der Waals surface area contributed by atoms with Gasteiger partial charge in [-0.2, -0.15) is 9.97 Å². The quantitative estimate of drug-likeness (QED) is 0.760. The molecule has 0 fully saturated rings. The van der Waals surface area contributed by atoms with Crippen LogP contribution in [0.15, 0.2) is 6.33 Å². The van der Waals surface area contributed by atoms with Crippen molar-refractivity contribution in [1.29, 1.82) is 0 Å². The van der Waals surface area contributed by atoms with Gasteiger partial charge in [-0.05, 0) is 11.6 Å². The molecule has 0 saturated carbocycles. The summed E-state index contributed by atoms with van der Waals surface area (Å²) in [6.45, 7) is -0.293. The summed E-state index contributed by atoms with van der Waals surface area (Å²) in [6.07, 6.45) is 1.48. The fourth-order valence-electron chi connectivity index (χ4n) is 1.10. The largest absolute Gasteiger partial charge is 0.366 e. The number of H-pyrrole nitrogens is 1. The molecule has 2 heterocycles. The molecule has 2 rings (SSSR count). The fraction of sp³-hybridized carbons (Fsp3) is 0.286. The Bertz CT molecular complexity index is 443. The zero-order chi connectivity index (χ0) is 9.97. The highest BCUT2D eigenvalue weighted by Crippen LogP contribution is 2.17. The summed E-state index contributed by atoms with van der Waals surface area (Å²) < 4.78 is 11.9. The van der Waals surface area contributed by atoms with E-state index in [4.69, 9.17) is 11.6 Å². The van der Waals surface area contributed by atoms with E-state index in [0.29, 0.717) is 17.0 Å². The third-order valence-corrected chi connectivity index (χ3v) is 1.81. The number of hydrogen-bond donors (Lipinski definition) is 2. The number of imidazole rings is 1. The van der Waals surface area contributed by atoms with Crippen LogP contribution in [0.5, 0.6) is 0 Å². The van der Waals surface area contributed by atoms with Crippen molar-refractivity contribution in [1.82, 2.24) is 19.9 Å². The first kappa shape index (κ1) is 9.14. The van der Waals surface area contributed by atoms with E-state index >= 15 is 0 Å². The molecule has 0 amide bonds. The first-order valence-corrected chi connectivity index (χ1v) is 4.35. The standard InChI is InChI=1S/C7H7ClFN5/c8-7-13-5(10-2-1-9)4-6(14-7)12-3-11-4/h3H,1-2H2,(H2,10,11,12,13,14). The number of aromatic nitrogens is 4. The summed E-state index contributed by atoms with van der Waals surface area (Å²) in [4.78, 5) is 14.6. The fourth-order valence-corrected chi connectivity index (χ4v) is 1.26. The summed E-state index contributed by atoms with van der Waals surface area (Å²) in [5.74, 6) is 0.468. The highest BCUT2D eigenvalue weighted by atomic mass is 35.5. The van der Waals surface area contributed by atoms with Gasteiger partial charge in [0.15, 0.2) is 11.5 Å². The number of halogens is 2. The maximum absolute atomic E-state index is 11.9. The number of fused-ring (bicyclic) bond motifs is 1.